The average Bonchev–Trinajstić information content (AvgIpc) is 3.35. The van der Waals surface area contributed by atoms with Crippen molar-refractivity contribution < 1.29 is 26.4 Å². The largest absolute Gasteiger partial charge is 0.459 e. The lowest BCUT2D eigenvalue weighted by molar-refractivity contribution is -0.136. The van der Waals surface area contributed by atoms with E-state index in [-0.39, 0.29) is 29.2 Å². The van der Waals surface area contributed by atoms with Crippen molar-refractivity contribution in [1.29, 1.82) is 5.26 Å². The van der Waals surface area contributed by atoms with Gasteiger partial charge >= 0.3 is 6.18 Å². The highest BCUT2D eigenvalue weighted by Gasteiger charge is 2.38. The molecule has 3 nitrogen and oxygen atoms in total. The molecular weight excluding hydrogens is 427 g/mol. The normalized spacial score (nSPS) is 14.1. The second-order valence-corrected chi connectivity index (χ2v) is 7.88. The Labute approximate surface area is 179 Å². The molecule has 0 N–H and O–H groups in total. The Balaban J connectivity index is 1.60. The number of alkyl halides is 3. The first-order valence-corrected chi connectivity index (χ1v) is 9.93. The minimum atomic E-state index is -4.67. The number of halogens is 5. The fraction of sp³-hybridized carbons (Fsp3) is 0.208. The zero-order valence-electron chi connectivity index (χ0n) is 16.5. The van der Waals surface area contributed by atoms with Gasteiger partial charge in [0.15, 0.2) is 0 Å². The molecule has 32 heavy (non-hydrogen) atoms. The molecule has 0 radical (unpaired) electrons. The van der Waals surface area contributed by atoms with E-state index in [1.165, 1.54) is 18.2 Å². The first kappa shape index (κ1) is 20.3. The number of hydrogen-bond acceptors (Lipinski definition) is 2. The molecule has 5 rings (SSSR count). The van der Waals surface area contributed by atoms with E-state index in [2.05, 4.69) is 0 Å². The van der Waals surface area contributed by atoms with E-state index in [0.717, 1.165) is 36.7 Å². The summed E-state index contributed by atoms with van der Waals surface area (Å²) in [6.07, 6.45) is -2.93. The van der Waals surface area contributed by atoms with Crippen LogP contribution in [0.4, 0.5) is 22.0 Å². The van der Waals surface area contributed by atoms with E-state index in [9.17, 15) is 27.2 Å². The van der Waals surface area contributed by atoms with Gasteiger partial charge in [-0.2, -0.15) is 18.4 Å². The summed E-state index contributed by atoms with van der Waals surface area (Å²) in [5.74, 6) is -0.648. The molecule has 0 aliphatic heterocycles. The molecule has 0 saturated heterocycles. The molecule has 2 heterocycles. The van der Waals surface area contributed by atoms with Crippen molar-refractivity contribution in [3.05, 3.63) is 82.7 Å². The second-order valence-electron chi connectivity index (χ2n) is 7.88. The summed E-state index contributed by atoms with van der Waals surface area (Å²) in [5.41, 5.74) is -0.0266. The molecule has 162 valence electrons. The van der Waals surface area contributed by atoms with Crippen LogP contribution in [0.15, 0.2) is 52.9 Å². The van der Waals surface area contributed by atoms with Crippen molar-refractivity contribution in [2.24, 2.45) is 0 Å². The Morgan fingerprint density at radius 2 is 1.72 bits per heavy atom. The maximum Gasteiger partial charge on any atom is 0.418 e. The number of benzene rings is 2. The van der Waals surface area contributed by atoms with Gasteiger partial charge in [0.2, 0.25) is 0 Å². The Bertz CT molecular complexity index is 1370. The summed E-state index contributed by atoms with van der Waals surface area (Å²) in [5, 5.41) is 9.18. The minimum Gasteiger partial charge on any atom is -0.459 e. The molecule has 1 aliphatic rings. The SMILES string of the molecule is N#Cc1ccc2c(cc(C3CC3)n2Cc2ccc(-c3cc(F)cc(F)c3)o2)c1C(F)(F)F. The molecule has 1 saturated carbocycles. The standard InChI is InChI=1S/C24H15F5N2O/c25-16-7-15(8-17(26)9-16)22-6-4-18(32-22)12-31-20-5-3-14(11-30)23(24(27,28)29)19(20)10-21(31)13-1-2-13/h3-10,13H,1-2,12H2. The van der Waals surface area contributed by atoms with E-state index >= 15 is 0 Å². The van der Waals surface area contributed by atoms with Gasteiger partial charge in [-0.1, -0.05) is 0 Å². The van der Waals surface area contributed by atoms with E-state index in [4.69, 9.17) is 4.42 Å². The van der Waals surface area contributed by atoms with E-state index < -0.39 is 28.9 Å². The van der Waals surface area contributed by atoms with Crippen molar-refractivity contribution in [2.75, 3.05) is 0 Å². The smallest absolute Gasteiger partial charge is 0.418 e. The molecule has 4 aromatic rings. The number of rotatable bonds is 4. The molecule has 0 bridgehead atoms. The van der Waals surface area contributed by atoms with Gasteiger partial charge in [-0.25, -0.2) is 8.78 Å². The van der Waals surface area contributed by atoms with Crippen LogP contribution in [0.2, 0.25) is 0 Å². The molecule has 0 atom stereocenters. The molecule has 2 aromatic heterocycles. The maximum absolute atomic E-state index is 13.8. The van der Waals surface area contributed by atoms with Crippen LogP contribution in [-0.2, 0) is 12.7 Å². The highest BCUT2D eigenvalue weighted by molar-refractivity contribution is 5.88. The van der Waals surface area contributed by atoms with Crippen molar-refractivity contribution in [1.82, 2.24) is 4.57 Å². The van der Waals surface area contributed by atoms with Gasteiger partial charge in [-0.15, -0.1) is 0 Å². The number of nitriles is 1. The Morgan fingerprint density at radius 3 is 2.34 bits per heavy atom. The predicted octanol–water partition coefficient (Wildman–Crippen LogP) is 7.00. The van der Waals surface area contributed by atoms with Crippen LogP contribution in [0.25, 0.3) is 22.2 Å². The lowest BCUT2D eigenvalue weighted by Crippen LogP contribution is -2.09. The Morgan fingerprint density at radius 1 is 1.00 bits per heavy atom. The van der Waals surface area contributed by atoms with Crippen molar-refractivity contribution in [2.45, 2.75) is 31.5 Å². The Kier molecular flexibility index (Phi) is 4.59. The lowest BCUT2D eigenvalue weighted by Gasteiger charge is -2.12. The van der Waals surface area contributed by atoms with Crippen molar-refractivity contribution >= 4 is 10.9 Å². The predicted molar refractivity (Wildman–Crippen MR) is 107 cm³/mol. The monoisotopic (exact) mass is 442 g/mol. The quantitative estimate of drug-likeness (QED) is 0.320. The highest BCUT2D eigenvalue weighted by Crippen LogP contribution is 2.45. The third-order valence-corrected chi connectivity index (χ3v) is 5.64. The fourth-order valence-electron chi connectivity index (χ4n) is 4.12. The molecule has 2 aromatic carbocycles. The molecule has 1 aliphatic carbocycles. The number of nitrogens with zero attached hydrogens (tertiary/aromatic N) is 2. The van der Waals surface area contributed by atoms with E-state index in [0.29, 0.717) is 11.3 Å². The molecule has 0 amide bonds. The van der Waals surface area contributed by atoms with Gasteiger partial charge in [0, 0.05) is 28.2 Å². The summed E-state index contributed by atoms with van der Waals surface area (Å²) in [4.78, 5) is 0. The van der Waals surface area contributed by atoms with Crippen LogP contribution in [0.1, 0.15) is 41.3 Å². The Hall–Kier alpha value is -3.60. The second kappa shape index (κ2) is 7.23. The fourth-order valence-corrected chi connectivity index (χ4v) is 4.12. The third kappa shape index (κ3) is 3.54. The van der Waals surface area contributed by atoms with Crippen LogP contribution < -0.4 is 0 Å². The van der Waals surface area contributed by atoms with Crippen LogP contribution in [0.5, 0.6) is 0 Å². The molecule has 1 fully saturated rings. The number of hydrogen-bond donors (Lipinski definition) is 0. The van der Waals surface area contributed by atoms with Crippen LogP contribution in [-0.4, -0.2) is 4.57 Å². The van der Waals surface area contributed by atoms with Gasteiger partial charge in [0.25, 0.3) is 0 Å². The van der Waals surface area contributed by atoms with E-state index in [1.54, 1.807) is 22.8 Å². The maximum atomic E-state index is 13.8. The summed E-state index contributed by atoms with van der Waals surface area (Å²) < 4.78 is 75.9. The van der Waals surface area contributed by atoms with Gasteiger partial charge < -0.3 is 8.98 Å². The number of aromatic nitrogens is 1. The van der Waals surface area contributed by atoms with Crippen LogP contribution in [0, 0.1) is 23.0 Å². The third-order valence-electron chi connectivity index (χ3n) is 5.64. The van der Waals surface area contributed by atoms with Gasteiger partial charge in [-0.3, -0.25) is 0 Å². The van der Waals surface area contributed by atoms with Crippen LogP contribution >= 0.6 is 0 Å². The number of furan rings is 1. The van der Waals surface area contributed by atoms with Crippen LogP contribution in [0.3, 0.4) is 0 Å². The van der Waals surface area contributed by atoms with Crippen molar-refractivity contribution in [3.63, 3.8) is 0 Å². The van der Waals surface area contributed by atoms with Gasteiger partial charge in [0.1, 0.15) is 23.2 Å². The zero-order valence-corrected chi connectivity index (χ0v) is 16.5. The molecule has 0 spiro atoms. The average molecular weight is 442 g/mol. The first-order chi connectivity index (χ1) is 15.2. The molecule has 8 heteroatoms. The molecule has 0 unspecified atom stereocenters. The zero-order chi connectivity index (χ0) is 22.6. The highest BCUT2D eigenvalue weighted by atomic mass is 19.4. The van der Waals surface area contributed by atoms with Gasteiger partial charge in [-0.05, 0) is 61.2 Å². The lowest BCUT2D eigenvalue weighted by atomic mass is 10.0. The topological polar surface area (TPSA) is 41.9 Å². The first-order valence-electron chi connectivity index (χ1n) is 9.93. The van der Waals surface area contributed by atoms with E-state index in [1.807, 2.05) is 0 Å². The minimum absolute atomic E-state index is 0.0163. The summed E-state index contributed by atoms with van der Waals surface area (Å²) in [6, 6.07) is 12.1. The molecular formula is C24H15F5N2O. The number of fused-ring (bicyclic) bond motifs is 1. The van der Waals surface area contributed by atoms with Crippen molar-refractivity contribution in [3.8, 4) is 17.4 Å². The summed E-state index contributed by atoms with van der Waals surface area (Å²) in [6.45, 7) is 0.149. The van der Waals surface area contributed by atoms with Gasteiger partial charge in [0.05, 0.1) is 23.7 Å². The summed E-state index contributed by atoms with van der Waals surface area (Å²) >= 11 is 0. The summed E-state index contributed by atoms with van der Waals surface area (Å²) in [7, 11) is 0.